The van der Waals surface area contributed by atoms with Crippen LogP contribution in [-0.2, 0) is 20.9 Å². The summed E-state index contributed by atoms with van der Waals surface area (Å²) in [5, 5.41) is 2.67. The quantitative estimate of drug-likeness (QED) is 0.334. The molecule has 206 valence electrons. The largest absolute Gasteiger partial charge is 0.493 e. The number of thioether (sulfide) groups is 1. The Hall–Kier alpha value is -3.72. The van der Waals surface area contributed by atoms with Gasteiger partial charge in [-0.05, 0) is 56.4 Å². The first-order valence-electron chi connectivity index (χ1n) is 13.2. The van der Waals surface area contributed by atoms with E-state index in [9.17, 15) is 9.59 Å². The van der Waals surface area contributed by atoms with E-state index in [0.29, 0.717) is 42.5 Å². The number of methoxy groups -OCH3 is 1. The minimum Gasteiger partial charge on any atom is -0.493 e. The van der Waals surface area contributed by atoms with E-state index in [1.165, 1.54) is 11.8 Å². The third-order valence-electron chi connectivity index (χ3n) is 6.69. The Balaban J connectivity index is 1.71. The smallest absolute Gasteiger partial charge is 0.338 e. The van der Waals surface area contributed by atoms with E-state index in [4.69, 9.17) is 19.2 Å². The van der Waals surface area contributed by atoms with Gasteiger partial charge in [0.15, 0.2) is 16.7 Å². The molecule has 2 heterocycles. The first-order chi connectivity index (χ1) is 18.9. The van der Waals surface area contributed by atoms with Gasteiger partial charge in [-0.15, -0.1) is 0 Å². The van der Waals surface area contributed by atoms with Crippen molar-refractivity contribution >= 4 is 28.8 Å². The Morgan fingerprint density at radius 2 is 1.79 bits per heavy atom. The number of amides is 1. The normalized spacial score (nSPS) is 16.3. The van der Waals surface area contributed by atoms with Crippen LogP contribution in [0.5, 0.6) is 11.5 Å². The zero-order chi connectivity index (χ0) is 27.9. The molecule has 39 heavy (non-hydrogen) atoms. The molecule has 1 amide bonds. The lowest BCUT2D eigenvalue weighted by molar-refractivity contribution is -0.139. The topological polar surface area (TPSA) is 80.7 Å². The van der Waals surface area contributed by atoms with E-state index in [-0.39, 0.29) is 18.9 Å². The molecule has 0 N–H and O–H groups in total. The summed E-state index contributed by atoms with van der Waals surface area (Å²) in [5.74, 6) is 0.733. The van der Waals surface area contributed by atoms with Crippen LogP contribution in [0.2, 0.25) is 0 Å². The van der Waals surface area contributed by atoms with Crippen LogP contribution in [-0.4, -0.2) is 53.7 Å². The predicted octanol–water partition coefficient (Wildman–Crippen LogP) is 5.67. The van der Waals surface area contributed by atoms with Crippen LogP contribution in [0.4, 0.5) is 0 Å². The van der Waals surface area contributed by atoms with Gasteiger partial charge in [-0.3, -0.25) is 4.79 Å². The van der Waals surface area contributed by atoms with E-state index in [0.717, 1.165) is 22.0 Å². The van der Waals surface area contributed by atoms with Crippen LogP contribution < -0.4 is 9.47 Å². The maximum Gasteiger partial charge on any atom is 0.338 e. The number of rotatable bonds is 11. The Labute approximate surface area is 234 Å². The van der Waals surface area contributed by atoms with Crippen LogP contribution in [0.25, 0.3) is 0 Å². The molecule has 8 nitrogen and oxygen atoms in total. The molecule has 0 aromatic heterocycles. The lowest BCUT2D eigenvalue weighted by Gasteiger charge is -2.36. The zero-order valence-electron chi connectivity index (χ0n) is 23.1. The molecular formula is C30H35N3O5S. The van der Waals surface area contributed by atoms with Crippen LogP contribution in [0.3, 0.4) is 0 Å². The molecular weight excluding hydrogens is 514 g/mol. The number of fused-ring (bicyclic) bond motifs is 1. The van der Waals surface area contributed by atoms with Gasteiger partial charge in [0.25, 0.3) is 0 Å². The van der Waals surface area contributed by atoms with Crippen molar-refractivity contribution in [3.63, 3.8) is 0 Å². The number of esters is 1. The highest BCUT2D eigenvalue weighted by Crippen LogP contribution is 2.46. The number of hydrogen-bond acceptors (Lipinski definition) is 8. The van der Waals surface area contributed by atoms with Crippen LogP contribution in [0.1, 0.15) is 51.3 Å². The highest BCUT2D eigenvalue weighted by molar-refractivity contribution is 8.16. The monoisotopic (exact) mass is 549 g/mol. The van der Waals surface area contributed by atoms with E-state index >= 15 is 0 Å². The third-order valence-corrected chi connectivity index (χ3v) is 7.57. The van der Waals surface area contributed by atoms with Crippen molar-refractivity contribution in [3.8, 4) is 11.5 Å². The lowest BCUT2D eigenvalue weighted by atomic mass is 9.93. The third kappa shape index (κ3) is 6.14. The van der Waals surface area contributed by atoms with Gasteiger partial charge in [-0.2, -0.15) is 0 Å². The van der Waals surface area contributed by atoms with E-state index in [1.54, 1.807) is 18.9 Å². The van der Waals surface area contributed by atoms with Crippen molar-refractivity contribution in [1.82, 2.24) is 9.80 Å². The van der Waals surface area contributed by atoms with Gasteiger partial charge in [-0.1, -0.05) is 48.2 Å². The van der Waals surface area contributed by atoms with Crippen LogP contribution >= 0.6 is 11.8 Å². The fraction of sp³-hybridized carbons (Fsp3) is 0.367. The fourth-order valence-corrected chi connectivity index (χ4v) is 5.67. The van der Waals surface area contributed by atoms with Crippen LogP contribution in [0, 0.1) is 0 Å². The van der Waals surface area contributed by atoms with E-state index in [1.807, 2.05) is 79.6 Å². The van der Waals surface area contributed by atoms with Crippen molar-refractivity contribution in [1.29, 1.82) is 0 Å². The second-order valence-corrected chi connectivity index (χ2v) is 9.88. The Morgan fingerprint density at radius 1 is 1.05 bits per heavy atom. The van der Waals surface area contributed by atoms with Gasteiger partial charge in [0, 0.05) is 18.8 Å². The van der Waals surface area contributed by atoms with Crippen LogP contribution in [0.15, 0.2) is 75.9 Å². The molecule has 0 saturated carbocycles. The van der Waals surface area contributed by atoms with Crippen molar-refractivity contribution in [2.24, 2.45) is 4.99 Å². The van der Waals surface area contributed by atoms with Gasteiger partial charge in [-0.25, -0.2) is 9.79 Å². The maximum absolute atomic E-state index is 13.3. The fourth-order valence-electron chi connectivity index (χ4n) is 4.71. The highest BCUT2D eigenvalue weighted by Gasteiger charge is 2.41. The Kier molecular flexibility index (Phi) is 9.35. The summed E-state index contributed by atoms with van der Waals surface area (Å²) in [7, 11) is 1.59. The average molecular weight is 550 g/mol. The molecule has 0 fully saturated rings. The first-order valence-corrected chi connectivity index (χ1v) is 14.0. The second kappa shape index (κ2) is 12.9. The summed E-state index contributed by atoms with van der Waals surface area (Å²) in [5.41, 5.74) is 3.66. The summed E-state index contributed by atoms with van der Waals surface area (Å²) < 4.78 is 17.2. The molecule has 2 aliphatic rings. The first kappa shape index (κ1) is 28.3. The van der Waals surface area contributed by atoms with Crippen molar-refractivity contribution < 1.29 is 23.8 Å². The summed E-state index contributed by atoms with van der Waals surface area (Å²) >= 11 is 1.45. The average Bonchev–Trinajstić information content (AvgIpc) is 3.34. The van der Waals surface area contributed by atoms with Crippen molar-refractivity contribution in [2.45, 2.75) is 46.8 Å². The molecule has 0 spiro atoms. The van der Waals surface area contributed by atoms with E-state index in [2.05, 4.69) is 0 Å². The van der Waals surface area contributed by atoms with Crippen molar-refractivity contribution in [3.05, 3.63) is 82.0 Å². The van der Waals surface area contributed by atoms with Gasteiger partial charge in [0.2, 0.25) is 5.91 Å². The predicted molar refractivity (Wildman–Crippen MR) is 153 cm³/mol. The van der Waals surface area contributed by atoms with Crippen molar-refractivity contribution in [2.75, 3.05) is 26.8 Å². The molecule has 1 atom stereocenters. The summed E-state index contributed by atoms with van der Waals surface area (Å²) in [6.07, 6.45) is 0.203. The summed E-state index contributed by atoms with van der Waals surface area (Å²) in [6, 6.07) is 15.0. The minimum absolute atomic E-state index is 0.0260. The molecule has 2 aromatic carbocycles. The minimum atomic E-state index is -0.542. The number of benzene rings is 2. The highest BCUT2D eigenvalue weighted by atomic mass is 32.2. The zero-order valence-corrected chi connectivity index (χ0v) is 23.9. The molecule has 2 aromatic rings. The van der Waals surface area contributed by atoms with Gasteiger partial charge in [0.1, 0.15) is 6.61 Å². The van der Waals surface area contributed by atoms with Gasteiger partial charge >= 0.3 is 5.97 Å². The number of ether oxygens (including phenoxy) is 3. The number of nitrogens with zero attached hydrogens (tertiary/aromatic N) is 3. The summed E-state index contributed by atoms with van der Waals surface area (Å²) in [4.78, 5) is 34.8. The number of allylic oxidation sites excluding steroid dienone is 1. The molecule has 0 saturated heterocycles. The van der Waals surface area contributed by atoms with E-state index < -0.39 is 12.0 Å². The second-order valence-electron chi connectivity index (χ2n) is 9.04. The molecule has 1 unspecified atom stereocenters. The molecule has 9 heteroatoms. The number of carbonyl (C=O) groups is 2. The number of carbonyl (C=O) groups excluding carboxylic acids is 2. The molecule has 4 rings (SSSR count). The summed E-state index contributed by atoms with van der Waals surface area (Å²) in [6.45, 7) is 9.44. The lowest BCUT2D eigenvalue weighted by Crippen LogP contribution is -2.38. The SMILES string of the molecule is CCOC(=O)C1=C(C)N=C2SC=C(CC(=O)N(CC)CC)N2C1c1ccc(OCc2ccccc2)c(OC)c1. The van der Waals surface area contributed by atoms with Gasteiger partial charge < -0.3 is 24.0 Å². The molecule has 2 aliphatic heterocycles. The number of aliphatic imine (C=N–C) groups is 1. The maximum atomic E-state index is 13.3. The van der Waals surface area contributed by atoms with Gasteiger partial charge in [0.05, 0.1) is 37.4 Å². The molecule has 0 radical (unpaired) electrons. The standard InChI is InChI=1S/C30H35N3O5S/c1-6-32(7-2)26(34)17-23-19-39-30-31-20(4)27(29(35)37-8-3)28(33(23)30)22-14-15-24(25(16-22)36-5)38-18-21-12-10-9-11-13-21/h9-16,19,28H,6-8,17-18H2,1-5H3. The number of amidine groups is 1. The Bertz CT molecular complexity index is 1300. The molecule has 0 bridgehead atoms. The number of hydrogen-bond donors (Lipinski definition) is 0. The molecule has 0 aliphatic carbocycles. The Morgan fingerprint density at radius 3 is 2.46 bits per heavy atom.